The summed E-state index contributed by atoms with van der Waals surface area (Å²) < 4.78 is 48.5. The maximum Gasteiger partial charge on any atom is 0.274 e. The fraction of sp³-hybridized carbons (Fsp3) is 0.370. The van der Waals surface area contributed by atoms with Crippen molar-refractivity contribution in [1.82, 2.24) is 4.90 Å². The molecule has 0 spiro atoms. The molecule has 40 heavy (non-hydrogen) atoms. The van der Waals surface area contributed by atoms with E-state index in [1.165, 1.54) is 18.2 Å². The maximum atomic E-state index is 16.1. The third-order valence-corrected chi connectivity index (χ3v) is 6.82. The lowest BCUT2D eigenvalue weighted by molar-refractivity contribution is -0.143. The fourth-order valence-corrected chi connectivity index (χ4v) is 4.51. The predicted octanol–water partition coefficient (Wildman–Crippen LogP) is 3.18. The zero-order valence-corrected chi connectivity index (χ0v) is 23.0. The second kappa shape index (κ2) is 12.7. The van der Waals surface area contributed by atoms with E-state index in [0.717, 1.165) is 29.8 Å². The minimum absolute atomic E-state index is 0.200. The number of likely N-dealkylation sites (N-methyl/N-ethyl adjacent to an activating group) is 1. The SMILES string of the molecule is CSCCC(N)COC1(F)C=C(Oc2cccc(C3=NCCN3C)c2)N=C(Oc2cc(C(=N)N)ccc2O)C1F. The third-order valence-electron chi connectivity index (χ3n) is 6.17. The molecule has 0 aromatic heterocycles. The van der Waals surface area contributed by atoms with Gasteiger partial charge in [-0.1, -0.05) is 12.1 Å². The highest BCUT2D eigenvalue weighted by Crippen LogP contribution is 2.35. The molecule has 214 valence electrons. The molecule has 2 aromatic carbocycles. The molecule has 0 fully saturated rings. The summed E-state index contributed by atoms with van der Waals surface area (Å²) >= 11 is 1.58. The van der Waals surface area contributed by atoms with Crippen LogP contribution in [0.2, 0.25) is 0 Å². The van der Waals surface area contributed by atoms with Gasteiger partial charge in [0.1, 0.15) is 17.4 Å². The molecule has 2 aliphatic heterocycles. The Bertz CT molecular complexity index is 1340. The van der Waals surface area contributed by atoms with Crippen molar-refractivity contribution in [3.05, 3.63) is 65.6 Å². The van der Waals surface area contributed by atoms with Gasteiger partial charge in [0.15, 0.2) is 11.5 Å². The predicted molar refractivity (Wildman–Crippen MR) is 152 cm³/mol. The number of amidine groups is 2. The Labute approximate surface area is 235 Å². The monoisotopic (exact) mass is 574 g/mol. The van der Waals surface area contributed by atoms with Gasteiger partial charge < -0.3 is 35.7 Å². The number of hydrogen-bond acceptors (Lipinski definition) is 10. The Balaban J connectivity index is 1.64. The number of thioether (sulfide) groups is 1. The second-order valence-electron chi connectivity index (χ2n) is 9.30. The second-order valence-corrected chi connectivity index (χ2v) is 10.3. The first-order chi connectivity index (χ1) is 19.1. The van der Waals surface area contributed by atoms with Gasteiger partial charge in [0.25, 0.3) is 5.85 Å². The number of nitrogens with two attached hydrogens (primary N) is 2. The highest BCUT2D eigenvalue weighted by molar-refractivity contribution is 7.98. The molecule has 0 saturated carbocycles. The van der Waals surface area contributed by atoms with Crippen molar-refractivity contribution in [3.63, 3.8) is 0 Å². The molecule has 2 heterocycles. The van der Waals surface area contributed by atoms with E-state index in [1.54, 1.807) is 30.0 Å². The molecule has 0 saturated heterocycles. The number of rotatable bonds is 11. The van der Waals surface area contributed by atoms with Crippen molar-refractivity contribution < 1.29 is 28.1 Å². The van der Waals surface area contributed by atoms with Crippen molar-refractivity contribution in [3.8, 4) is 17.2 Å². The molecule has 3 atom stereocenters. The van der Waals surface area contributed by atoms with Crippen LogP contribution < -0.4 is 20.9 Å². The number of phenols is 1. The van der Waals surface area contributed by atoms with Gasteiger partial charge in [0.2, 0.25) is 18.0 Å². The lowest BCUT2D eigenvalue weighted by atomic mass is 10.1. The van der Waals surface area contributed by atoms with Gasteiger partial charge in [-0.05, 0) is 48.8 Å². The first-order valence-electron chi connectivity index (χ1n) is 12.5. The number of halogens is 2. The summed E-state index contributed by atoms with van der Waals surface area (Å²) in [6.45, 7) is 1.18. The van der Waals surface area contributed by atoms with E-state index in [-0.39, 0.29) is 29.6 Å². The summed E-state index contributed by atoms with van der Waals surface area (Å²) in [7, 11) is 1.92. The maximum absolute atomic E-state index is 16.1. The zero-order valence-electron chi connectivity index (χ0n) is 22.1. The zero-order chi connectivity index (χ0) is 28.9. The van der Waals surface area contributed by atoms with Crippen molar-refractivity contribution in [2.24, 2.45) is 21.5 Å². The van der Waals surface area contributed by atoms with Gasteiger partial charge in [-0.15, -0.1) is 0 Å². The molecule has 0 radical (unpaired) electrons. The van der Waals surface area contributed by atoms with E-state index in [2.05, 4.69) is 9.98 Å². The number of nitrogen functional groups attached to an aromatic ring is 1. The van der Waals surface area contributed by atoms with Crippen molar-refractivity contribution in [2.45, 2.75) is 24.5 Å². The molecule has 3 unspecified atom stereocenters. The summed E-state index contributed by atoms with van der Waals surface area (Å²) in [6, 6.07) is 10.2. The number of aromatic hydroxyl groups is 1. The van der Waals surface area contributed by atoms with Crippen molar-refractivity contribution in [2.75, 3.05) is 38.8 Å². The van der Waals surface area contributed by atoms with E-state index >= 15 is 8.78 Å². The number of nitrogens with zero attached hydrogens (tertiary/aromatic N) is 3. The Hall–Kier alpha value is -3.68. The van der Waals surface area contributed by atoms with Crippen LogP contribution in [0, 0.1) is 5.41 Å². The average molecular weight is 575 g/mol. The number of hydrogen-bond donors (Lipinski definition) is 4. The molecule has 4 rings (SSSR count). The molecular weight excluding hydrogens is 542 g/mol. The minimum Gasteiger partial charge on any atom is -0.504 e. The first kappa shape index (κ1) is 29.3. The van der Waals surface area contributed by atoms with E-state index < -0.39 is 29.7 Å². The van der Waals surface area contributed by atoms with Gasteiger partial charge in [0.05, 0.1) is 13.2 Å². The molecule has 6 N–H and O–H groups in total. The summed E-state index contributed by atoms with van der Waals surface area (Å²) in [5.41, 5.74) is 12.5. The number of alkyl halides is 2. The lowest BCUT2D eigenvalue weighted by Gasteiger charge is -2.31. The minimum atomic E-state index is -3.04. The van der Waals surface area contributed by atoms with Crippen LogP contribution >= 0.6 is 11.8 Å². The molecule has 2 aromatic rings. The van der Waals surface area contributed by atoms with Gasteiger partial charge in [-0.25, -0.2) is 8.78 Å². The topological polar surface area (TPSA) is 152 Å². The van der Waals surface area contributed by atoms with Crippen LogP contribution in [0.4, 0.5) is 8.78 Å². The Morgan fingerprint density at radius 3 is 2.80 bits per heavy atom. The summed E-state index contributed by atoms with van der Waals surface area (Å²) in [5, 5.41) is 17.9. The van der Waals surface area contributed by atoms with Gasteiger partial charge in [-0.2, -0.15) is 16.8 Å². The van der Waals surface area contributed by atoms with Crippen LogP contribution in [0.1, 0.15) is 17.5 Å². The molecule has 0 aliphatic carbocycles. The Morgan fingerprint density at radius 2 is 2.10 bits per heavy atom. The normalized spacial score (nSPS) is 21.4. The van der Waals surface area contributed by atoms with Crippen molar-refractivity contribution in [1.29, 1.82) is 5.41 Å². The standard InChI is InChI=1S/C27H32F2N6O4S/c1-35-10-9-33-25(35)17-4-3-5-19(12-17)38-22-14-27(29,37-15-18(30)8-11-40-2)23(28)26(34-22)39-21-13-16(24(31)32)6-7-20(21)36/h3-7,12-14,18,23,36H,8-11,15,30H2,1-2H3,(H3,31,32). The smallest absolute Gasteiger partial charge is 0.274 e. The Kier molecular flexibility index (Phi) is 9.28. The number of nitrogens with one attached hydrogen (secondary N) is 1. The largest absolute Gasteiger partial charge is 0.504 e. The first-order valence-corrected chi connectivity index (χ1v) is 13.9. The molecule has 0 amide bonds. The molecule has 10 nitrogen and oxygen atoms in total. The summed E-state index contributed by atoms with van der Waals surface area (Å²) in [4.78, 5) is 10.5. The lowest BCUT2D eigenvalue weighted by Crippen LogP contribution is -2.48. The third kappa shape index (κ3) is 6.90. The van der Waals surface area contributed by atoms with Crippen LogP contribution in [-0.4, -0.2) is 84.4 Å². The van der Waals surface area contributed by atoms with Gasteiger partial charge in [0, 0.05) is 36.8 Å². The van der Waals surface area contributed by atoms with Crippen molar-refractivity contribution >= 4 is 29.3 Å². The molecular formula is C27H32F2N6O4S. The van der Waals surface area contributed by atoms with Gasteiger partial charge >= 0.3 is 0 Å². The van der Waals surface area contributed by atoms with Crippen LogP contribution in [0.3, 0.4) is 0 Å². The number of ether oxygens (including phenoxy) is 3. The highest BCUT2D eigenvalue weighted by atomic mass is 32.2. The van der Waals surface area contributed by atoms with E-state index in [4.69, 9.17) is 31.1 Å². The summed E-state index contributed by atoms with van der Waals surface area (Å²) in [5.74, 6) is -3.30. The fourth-order valence-electron chi connectivity index (χ4n) is 3.98. The Morgan fingerprint density at radius 1 is 1.30 bits per heavy atom. The van der Waals surface area contributed by atoms with E-state index in [9.17, 15) is 5.11 Å². The van der Waals surface area contributed by atoms with Crippen LogP contribution in [-0.2, 0) is 4.74 Å². The van der Waals surface area contributed by atoms with E-state index in [1.807, 2.05) is 24.3 Å². The van der Waals surface area contributed by atoms with Crippen LogP contribution in [0.5, 0.6) is 17.2 Å². The van der Waals surface area contributed by atoms with Crippen LogP contribution in [0.25, 0.3) is 0 Å². The number of phenolic OH excluding ortho intramolecular Hbond substituents is 1. The molecule has 2 aliphatic rings. The quantitative estimate of drug-likeness (QED) is 0.236. The van der Waals surface area contributed by atoms with Crippen LogP contribution in [0.15, 0.2) is 64.4 Å². The average Bonchev–Trinajstić information content (AvgIpc) is 3.36. The molecule has 0 bridgehead atoms. The number of aliphatic imine (C=N–C) groups is 2. The highest BCUT2D eigenvalue weighted by Gasteiger charge is 2.48. The number of benzene rings is 2. The van der Waals surface area contributed by atoms with E-state index in [0.29, 0.717) is 18.7 Å². The molecule has 13 heteroatoms. The summed E-state index contributed by atoms with van der Waals surface area (Å²) in [6.07, 6.45) is 0.720. The van der Waals surface area contributed by atoms with Gasteiger partial charge in [-0.3, -0.25) is 10.4 Å².